The fourth-order valence-corrected chi connectivity index (χ4v) is 2.02. The number of rotatable bonds is 2. The van der Waals surface area contributed by atoms with Gasteiger partial charge in [-0.3, -0.25) is 4.79 Å². The first-order valence-corrected chi connectivity index (χ1v) is 4.60. The van der Waals surface area contributed by atoms with Gasteiger partial charge in [0.2, 0.25) is 5.91 Å². The fraction of sp³-hybridized carbons (Fsp3) is 0.889. The fourth-order valence-electron chi connectivity index (χ4n) is 2.02. The number of primary amides is 1. The number of aliphatic hydroxyl groups is 1. The van der Waals surface area contributed by atoms with E-state index in [9.17, 15) is 9.90 Å². The monoisotopic (exact) mass is 171 g/mol. The lowest BCUT2D eigenvalue weighted by Gasteiger charge is -2.30. The van der Waals surface area contributed by atoms with Gasteiger partial charge >= 0.3 is 0 Å². The molecule has 1 aliphatic carbocycles. The van der Waals surface area contributed by atoms with Gasteiger partial charge in [0.1, 0.15) is 6.10 Å². The number of aliphatic hydroxyl groups excluding tert-OH is 1. The van der Waals surface area contributed by atoms with Gasteiger partial charge in [-0.2, -0.15) is 0 Å². The maximum atomic E-state index is 10.7. The minimum atomic E-state index is -0.930. The summed E-state index contributed by atoms with van der Waals surface area (Å²) in [4.78, 5) is 10.7. The van der Waals surface area contributed by atoms with E-state index in [-0.39, 0.29) is 5.92 Å². The molecule has 1 amide bonds. The van der Waals surface area contributed by atoms with E-state index in [1.165, 1.54) is 6.42 Å². The van der Waals surface area contributed by atoms with Crippen molar-refractivity contribution in [2.45, 2.75) is 38.7 Å². The summed E-state index contributed by atoms with van der Waals surface area (Å²) < 4.78 is 0. The highest BCUT2D eigenvalue weighted by Gasteiger charge is 2.30. The SMILES string of the molecule is CC1CCCCC1C(O)C(N)=O. The summed E-state index contributed by atoms with van der Waals surface area (Å²) in [6.07, 6.45) is 3.43. The predicted octanol–water partition coefficient (Wildman–Crippen LogP) is 0.659. The van der Waals surface area contributed by atoms with Gasteiger partial charge in [-0.1, -0.05) is 26.2 Å². The molecule has 1 fully saturated rings. The van der Waals surface area contributed by atoms with Crippen molar-refractivity contribution in [3.63, 3.8) is 0 Å². The molecule has 3 nitrogen and oxygen atoms in total. The van der Waals surface area contributed by atoms with Crippen LogP contribution in [0.15, 0.2) is 0 Å². The highest BCUT2D eigenvalue weighted by molar-refractivity contribution is 5.78. The number of carbonyl (C=O) groups excluding carboxylic acids is 1. The normalized spacial score (nSPS) is 32.8. The maximum absolute atomic E-state index is 10.7. The Bertz CT molecular complexity index is 170. The van der Waals surface area contributed by atoms with Crippen molar-refractivity contribution < 1.29 is 9.90 Å². The maximum Gasteiger partial charge on any atom is 0.246 e. The van der Waals surface area contributed by atoms with E-state index >= 15 is 0 Å². The summed E-state index contributed by atoms with van der Waals surface area (Å²) in [6.45, 7) is 2.08. The third-order valence-electron chi connectivity index (χ3n) is 2.87. The lowest BCUT2D eigenvalue weighted by atomic mass is 9.77. The van der Waals surface area contributed by atoms with Crippen molar-refractivity contribution in [3.8, 4) is 0 Å². The van der Waals surface area contributed by atoms with Crippen molar-refractivity contribution in [1.29, 1.82) is 0 Å². The Labute approximate surface area is 72.9 Å². The average Bonchev–Trinajstić information content (AvgIpc) is 2.04. The van der Waals surface area contributed by atoms with Crippen LogP contribution < -0.4 is 5.73 Å². The molecule has 12 heavy (non-hydrogen) atoms. The second kappa shape index (κ2) is 3.90. The van der Waals surface area contributed by atoms with E-state index in [1.54, 1.807) is 0 Å². The molecule has 0 aromatic rings. The Morgan fingerprint density at radius 1 is 1.50 bits per heavy atom. The third kappa shape index (κ3) is 1.97. The van der Waals surface area contributed by atoms with Crippen LogP contribution in [0, 0.1) is 11.8 Å². The van der Waals surface area contributed by atoms with E-state index in [2.05, 4.69) is 6.92 Å². The first-order valence-electron chi connectivity index (χ1n) is 4.60. The van der Waals surface area contributed by atoms with E-state index in [1.807, 2.05) is 0 Å². The summed E-state index contributed by atoms with van der Waals surface area (Å²) in [7, 11) is 0. The molecule has 3 N–H and O–H groups in total. The van der Waals surface area contributed by atoms with Crippen LogP contribution in [0.3, 0.4) is 0 Å². The van der Waals surface area contributed by atoms with Crippen molar-refractivity contribution in [1.82, 2.24) is 0 Å². The number of hydrogen-bond acceptors (Lipinski definition) is 2. The average molecular weight is 171 g/mol. The zero-order chi connectivity index (χ0) is 9.14. The van der Waals surface area contributed by atoms with Gasteiger partial charge in [0, 0.05) is 0 Å². The van der Waals surface area contributed by atoms with E-state index < -0.39 is 12.0 Å². The summed E-state index contributed by atoms with van der Waals surface area (Å²) >= 11 is 0. The Morgan fingerprint density at radius 2 is 2.08 bits per heavy atom. The second-order valence-electron chi connectivity index (χ2n) is 3.77. The quantitative estimate of drug-likeness (QED) is 0.641. The Hall–Kier alpha value is -0.570. The van der Waals surface area contributed by atoms with Crippen molar-refractivity contribution >= 4 is 5.91 Å². The molecule has 0 aromatic carbocycles. The molecule has 3 heteroatoms. The Kier molecular flexibility index (Phi) is 3.09. The molecule has 0 aromatic heterocycles. The summed E-state index contributed by atoms with van der Waals surface area (Å²) in [6, 6.07) is 0. The smallest absolute Gasteiger partial charge is 0.246 e. The number of nitrogens with two attached hydrogens (primary N) is 1. The van der Waals surface area contributed by atoms with Crippen LogP contribution in [0.4, 0.5) is 0 Å². The summed E-state index contributed by atoms with van der Waals surface area (Å²) in [5, 5.41) is 9.45. The zero-order valence-electron chi connectivity index (χ0n) is 7.49. The van der Waals surface area contributed by atoms with E-state index in [4.69, 9.17) is 5.73 Å². The van der Waals surface area contributed by atoms with Crippen molar-refractivity contribution in [2.75, 3.05) is 0 Å². The highest BCUT2D eigenvalue weighted by Crippen LogP contribution is 2.31. The number of carbonyl (C=O) groups is 1. The molecule has 3 unspecified atom stereocenters. The van der Waals surface area contributed by atoms with Crippen molar-refractivity contribution in [2.24, 2.45) is 17.6 Å². The van der Waals surface area contributed by atoms with Gasteiger partial charge in [0.25, 0.3) is 0 Å². The minimum absolute atomic E-state index is 0.0937. The molecule has 0 heterocycles. The molecule has 0 radical (unpaired) electrons. The minimum Gasteiger partial charge on any atom is -0.383 e. The lowest BCUT2D eigenvalue weighted by Crippen LogP contribution is -2.39. The lowest BCUT2D eigenvalue weighted by molar-refractivity contribution is -0.130. The third-order valence-corrected chi connectivity index (χ3v) is 2.87. The molecule has 3 atom stereocenters. The molecule has 1 aliphatic rings. The predicted molar refractivity (Wildman–Crippen MR) is 46.3 cm³/mol. The van der Waals surface area contributed by atoms with E-state index in [0.29, 0.717) is 5.92 Å². The van der Waals surface area contributed by atoms with Crippen LogP contribution >= 0.6 is 0 Å². The number of hydrogen-bond donors (Lipinski definition) is 2. The van der Waals surface area contributed by atoms with Crippen LogP contribution in [0.5, 0.6) is 0 Å². The van der Waals surface area contributed by atoms with Gasteiger partial charge < -0.3 is 10.8 Å². The molecule has 1 rings (SSSR count). The van der Waals surface area contributed by atoms with Gasteiger partial charge in [0.15, 0.2) is 0 Å². The topological polar surface area (TPSA) is 63.3 Å². The molecule has 1 saturated carbocycles. The van der Waals surface area contributed by atoms with Crippen LogP contribution in [0.1, 0.15) is 32.6 Å². The molecule has 0 bridgehead atoms. The van der Waals surface area contributed by atoms with Gasteiger partial charge in [-0.05, 0) is 18.3 Å². The largest absolute Gasteiger partial charge is 0.383 e. The first-order chi connectivity index (χ1) is 5.63. The van der Waals surface area contributed by atoms with Crippen LogP contribution in [-0.2, 0) is 4.79 Å². The Morgan fingerprint density at radius 3 is 2.58 bits per heavy atom. The molecular weight excluding hydrogens is 154 g/mol. The zero-order valence-corrected chi connectivity index (χ0v) is 7.49. The standard InChI is InChI=1S/C9H17NO2/c1-6-4-2-3-5-7(6)8(11)9(10)12/h6-8,11H,2-5H2,1H3,(H2,10,12). The molecular formula is C9H17NO2. The van der Waals surface area contributed by atoms with Crippen molar-refractivity contribution in [3.05, 3.63) is 0 Å². The highest BCUT2D eigenvalue weighted by atomic mass is 16.3. The second-order valence-corrected chi connectivity index (χ2v) is 3.77. The summed E-state index contributed by atoms with van der Waals surface area (Å²) in [5.74, 6) is -0.0498. The number of amides is 1. The van der Waals surface area contributed by atoms with Gasteiger partial charge in [-0.15, -0.1) is 0 Å². The molecule has 0 spiro atoms. The Balaban J connectivity index is 2.53. The van der Waals surface area contributed by atoms with Gasteiger partial charge in [-0.25, -0.2) is 0 Å². The molecule has 70 valence electrons. The van der Waals surface area contributed by atoms with Crippen LogP contribution in [-0.4, -0.2) is 17.1 Å². The van der Waals surface area contributed by atoms with Gasteiger partial charge in [0.05, 0.1) is 0 Å². The van der Waals surface area contributed by atoms with E-state index in [0.717, 1.165) is 19.3 Å². The van der Waals surface area contributed by atoms with Crippen LogP contribution in [0.25, 0.3) is 0 Å². The molecule has 0 aliphatic heterocycles. The van der Waals surface area contributed by atoms with Crippen LogP contribution in [0.2, 0.25) is 0 Å². The molecule has 0 saturated heterocycles. The first kappa shape index (κ1) is 9.52. The summed E-state index contributed by atoms with van der Waals surface area (Å²) in [5.41, 5.74) is 5.04.